The van der Waals surface area contributed by atoms with Crippen molar-refractivity contribution < 1.29 is 19.5 Å². The van der Waals surface area contributed by atoms with Gasteiger partial charge in [-0.15, -0.1) is 0 Å². The van der Waals surface area contributed by atoms with Gasteiger partial charge in [0.1, 0.15) is 11.7 Å². The maximum atomic E-state index is 11.5. The van der Waals surface area contributed by atoms with Gasteiger partial charge in [0.25, 0.3) is 5.91 Å². The first-order chi connectivity index (χ1) is 7.41. The van der Waals surface area contributed by atoms with Crippen LogP contribution in [-0.4, -0.2) is 33.8 Å². The number of hydrogen-bond donors (Lipinski definition) is 3. The molecule has 0 unspecified atom stereocenters. The second-order valence-electron chi connectivity index (χ2n) is 3.39. The van der Waals surface area contributed by atoms with Gasteiger partial charge in [-0.25, -0.2) is 0 Å². The lowest BCUT2D eigenvalue weighted by atomic mass is 10.2. The Bertz CT molecular complexity index is 436. The van der Waals surface area contributed by atoms with Crippen molar-refractivity contribution in [3.05, 3.63) is 23.5 Å². The van der Waals surface area contributed by atoms with Crippen molar-refractivity contribution in [2.45, 2.75) is 19.9 Å². The molecule has 0 aliphatic heterocycles. The van der Waals surface area contributed by atoms with E-state index in [9.17, 15) is 14.4 Å². The molecule has 3 N–H and O–H groups in total. The number of aromatic nitrogens is 1. The maximum Gasteiger partial charge on any atom is 0.325 e. The summed E-state index contributed by atoms with van der Waals surface area (Å²) < 4.78 is 0. The fourth-order valence-corrected chi connectivity index (χ4v) is 1.06. The minimum absolute atomic E-state index is 0.165. The Morgan fingerprint density at radius 3 is 2.50 bits per heavy atom. The molecule has 1 aromatic heterocycles. The number of nitrogens with one attached hydrogen (secondary N) is 2. The summed E-state index contributed by atoms with van der Waals surface area (Å²) in [6.07, 6.45) is 1.41. The summed E-state index contributed by atoms with van der Waals surface area (Å²) in [5, 5.41) is 10.9. The first-order valence-corrected chi connectivity index (χ1v) is 4.65. The predicted octanol–water partition coefficient (Wildman–Crippen LogP) is 0.420. The number of ketones is 1. The second-order valence-corrected chi connectivity index (χ2v) is 3.39. The van der Waals surface area contributed by atoms with Crippen LogP contribution in [0.4, 0.5) is 0 Å². The molecule has 0 saturated carbocycles. The van der Waals surface area contributed by atoms with Crippen LogP contribution in [0.3, 0.4) is 0 Å². The van der Waals surface area contributed by atoms with Crippen molar-refractivity contribution in [2.75, 3.05) is 0 Å². The molecule has 0 aromatic carbocycles. The van der Waals surface area contributed by atoms with Gasteiger partial charge in [-0.1, -0.05) is 0 Å². The van der Waals surface area contributed by atoms with Crippen LogP contribution in [0.2, 0.25) is 0 Å². The summed E-state index contributed by atoms with van der Waals surface area (Å²) in [5.41, 5.74) is 0.548. The molecule has 1 amide bonds. The minimum atomic E-state index is -1.12. The largest absolute Gasteiger partial charge is 0.480 e. The molecule has 0 fully saturated rings. The van der Waals surface area contributed by atoms with E-state index in [1.54, 1.807) is 0 Å². The summed E-state index contributed by atoms with van der Waals surface area (Å²) in [5.74, 6) is -1.84. The monoisotopic (exact) mass is 224 g/mol. The third-order valence-electron chi connectivity index (χ3n) is 2.05. The fraction of sp³-hybridized carbons (Fsp3) is 0.300. The molecule has 16 heavy (non-hydrogen) atoms. The van der Waals surface area contributed by atoms with Crippen LogP contribution in [0.25, 0.3) is 0 Å². The molecular formula is C10H12N2O4. The lowest BCUT2D eigenvalue weighted by Gasteiger charge is -2.07. The van der Waals surface area contributed by atoms with Crippen molar-refractivity contribution in [3.63, 3.8) is 0 Å². The number of carboxylic acids is 1. The van der Waals surface area contributed by atoms with E-state index in [1.807, 2.05) is 0 Å². The standard InChI is InChI=1S/C10H12N2O4/c1-5(10(15)16)12-9(14)8-3-7(4-11-8)6(2)13/h3-5,11H,1-2H3,(H,12,14)(H,15,16)/t5-/m0/s1. The second kappa shape index (κ2) is 4.61. The highest BCUT2D eigenvalue weighted by Crippen LogP contribution is 2.04. The Morgan fingerprint density at radius 1 is 1.44 bits per heavy atom. The molecule has 86 valence electrons. The van der Waals surface area contributed by atoms with E-state index < -0.39 is 17.9 Å². The van der Waals surface area contributed by atoms with Crippen LogP contribution in [0.15, 0.2) is 12.3 Å². The van der Waals surface area contributed by atoms with E-state index in [2.05, 4.69) is 10.3 Å². The van der Waals surface area contributed by atoms with Gasteiger partial charge >= 0.3 is 5.97 Å². The van der Waals surface area contributed by atoms with Gasteiger partial charge in [0.15, 0.2) is 5.78 Å². The van der Waals surface area contributed by atoms with Crippen LogP contribution >= 0.6 is 0 Å². The summed E-state index contributed by atoms with van der Waals surface area (Å²) in [6.45, 7) is 2.74. The van der Waals surface area contributed by atoms with E-state index in [0.29, 0.717) is 5.56 Å². The number of carbonyl (C=O) groups excluding carboxylic acids is 2. The molecule has 0 aliphatic carbocycles. The summed E-state index contributed by atoms with van der Waals surface area (Å²) >= 11 is 0. The highest BCUT2D eigenvalue weighted by atomic mass is 16.4. The molecule has 0 bridgehead atoms. The van der Waals surface area contributed by atoms with Crippen molar-refractivity contribution in [1.29, 1.82) is 0 Å². The number of rotatable bonds is 4. The van der Waals surface area contributed by atoms with Gasteiger partial charge in [0.2, 0.25) is 0 Å². The quantitative estimate of drug-likeness (QED) is 0.645. The Balaban J connectivity index is 2.73. The molecule has 0 radical (unpaired) electrons. The lowest BCUT2D eigenvalue weighted by Crippen LogP contribution is -2.38. The molecule has 0 aliphatic rings. The Kier molecular flexibility index (Phi) is 3.44. The lowest BCUT2D eigenvalue weighted by molar-refractivity contribution is -0.138. The number of hydrogen-bond acceptors (Lipinski definition) is 3. The average Bonchev–Trinajstić information content (AvgIpc) is 2.65. The Morgan fingerprint density at radius 2 is 2.06 bits per heavy atom. The molecule has 1 atom stereocenters. The predicted molar refractivity (Wildman–Crippen MR) is 55.4 cm³/mol. The topological polar surface area (TPSA) is 99.3 Å². The van der Waals surface area contributed by atoms with Crippen molar-refractivity contribution in [3.8, 4) is 0 Å². The Labute approximate surface area is 91.7 Å². The SMILES string of the molecule is CC(=O)c1c[nH]c(C(=O)N[C@@H](C)C(=O)O)c1. The zero-order valence-electron chi connectivity index (χ0n) is 8.90. The highest BCUT2D eigenvalue weighted by Gasteiger charge is 2.16. The van der Waals surface area contributed by atoms with E-state index in [-0.39, 0.29) is 11.5 Å². The van der Waals surface area contributed by atoms with Crippen LogP contribution in [-0.2, 0) is 4.79 Å². The van der Waals surface area contributed by atoms with Gasteiger partial charge in [0, 0.05) is 11.8 Å². The summed E-state index contributed by atoms with van der Waals surface area (Å²) in [7, 11) is 0. The van der Waals surface area contributed by atoms with Crippen LogP contribution in [0, 0.1) is 0 Å². The van der Waals surface area contributed by atoms with Crippen molar-refractivity contribution >= 4 is 17.7 Å². The third-order valence-corrected chi connectivity index (χ3v) is 2.05. The molecule has 6 heteroatoms. The van der Waals surface area contributed by atoms with Gasteiger partial charge < -0.3 is 15.4 Å². The fourth-order valence-electron chi connectivity index (χ4n) is 1.06. The summed E-state index contributed by atoms with van der Waals surface area (Å²) in [4.78, 5) is 35.6. The number of carboxylic acid groups (broad SMARTS) is 1. The third kappa shape index (κ3) is 2.69. The molecule has 0 spiro atoms. The smallest absolute Gasteiger partial charge is 0.325 e. The van der Waals surface area contributed by atoms with Gasteiger partial charge in [-0.05, 0) is 19.9 Å². The molecule has 1 heterocycles. The molecule has 6 nitrogen and oxygen atoms in total. The first-order valence-electron chi connectivity index (χ1n) is 4.65. The number of aliphatic carboxylic acids is 1. The Hall–Kier alpha value is -2.11. The van der Waals surface area contributed by atoms with E-state index in [1.165, 1.54) is 26.1 Å². The van der Waals surface area contributed by atoms with Crippen LogP contribution in [0.5, 0.6) is 0 Å². The van der Waals surface area contributed by atoms with Crippen molar-refractivity contribution in [2.24, 2.45) is 0 Å². The van der Waals surface area contributed by atoms with Crippen molar-refractivity contribution in [1.82, 2.24) is 10.3 Å². The van der Waals surface area contributed by atoms with Gasteiger partial charge in [-0.2, -0.15) is 0 Å². The molecular weight excluding hydrogens is 212 g/mol. The molecule has 1 rings (SSSR count). The van der Waals surface area contributed by atoms with E-state index >= 15 is 0 Å². The summed E-state index contributed by atoms with van der Waals surface area (Å²) in [6, 6.07) is 0.406. The highest BCUT2D eigenvalue weighted by molar-refractivity contribution is 5.99. The van der Waals surface area contributed by atoms with Gasteiger partial charge in [-0.3, -0.25) is 14.4 Å². The van der Waals surface area contributed by atoms with E-state index in [4.69, 9.17) is 5.11 Å². The number of amides is 1. The molecule has 0 saturated heterocycles. The number of carbonyl (C=O) groups is 3. The number of Topliss-reactive ketones (excluding diaryl/α,β-unsaturated/α-hetero) is 1. The number of aromatic amines is 1. The minimum Gasteiger partial charge on any atom is -0.480 e. The number of H-pyrrole nitrogens is 1. The maximum absolute atomic E-state index is 11.5. The normalized spacial score (nSPS) is 11.9. The zero-order valence-corrected chi connectivity index (χ0v) is 8.90. The van der Waals surface area contributed by atoms with Crippen LogP contribution in [0.1, 0.15) is 34.7 Å². The van der Waals surface area contributed by atoms with E-state index in [0.717, 1.165) is 0 Å². The van der Waals surface area contributed by atoms with Gasteiger partial charge in [0.05, 0.1) is 0 Å². The molecule has 1 aromatic rings. The zero-order chi connectivity index (χ0) is 12.3. The first kappa shape index (κ1) is 12.0. The van der Waals surface area contributed by atoms with Crippen LogP contribution < -0.4 is 5.32 Å². The average molecular weight is 224 g/mol.